The lowest BCUT2D eigenvalue weighted by Gasteiger charge is -2.04. The topological polar surface area (TPSA) is 64.9 Å². The van der Waals surface area contributed by atoms with E-state index in [9.17, 15) is 0 Å². The van der Waals surface area contributed by atoms with E-state index in [-0.39, 0.29) is 0 Å². The van der Waals surface area contributed by atoms with Crippen molar-refractivity contribution in [3.63, 3.8) is 0 Å². The molecule has 1 unspecified atom stereocenters. The van der Waals surface area contributed by atoms with Gasteiger partial charge in [0.25, 0.3) is 0 Å². The third-order valence-electron chi connectivity index (χ3n) is 2.94. The van der Waals surface area contributed by atoms with Gasteiger partial charge in [0.2, 0.25) is 5.82 Å². The number of hydrogen-bond acceptors (Lipinski definition) is 5. The Balaban J connectivity index is 1.60. The number of tetrazole rings is 1. The first-order chi connectivity index (χ1) is 8.92. The number of rotatable bonds is 4. The molecule has 1 aliphatic heterocycles. The van der Waals surface area contributed by atoms with Crippen molar-refractivity contribution in [2.24, 2.45) is 0 Å². The zero-order chi connectivity index (χ0) is 12.2. The van der Waals surface area contributed by atoms with E-state index in [0.29, 0.717) is 18.5 Å². The second-order valence-corrected chi connectivity index (χ2v) is 4.27. The summed E-state index contributed by atoms with van der Waals surface area (Å²) in [6.07, 6.45) is 1.05. The summed E-state index contributed by atoms with van der Waals surface area (Å²) in [4.78, 5) is 1.68. The van der Waals surface area contributed by atoms with E-state index in [1.165, 1.54) is 0 Å². The minimum atomic E-state index is 0.322. The molecule has 18 heavy (non-hydrogen) atoms. The monoisotopic (exact) mass is 245 g/mol. The van der Waals surface area contributed by atoms with Gasteiger partial charge in [-0.25, -0.2) is 0 Å². The average molecular weight is 245 g/mol. The van der Waals surface area contributed by atoms with Gasteiger partial charge in [0.15, 0.2) is 6.61 Å². The fourth-order valence-corrected chi connectivity index (χ4v) is 1.97. The van der Waals surface area contributed by atoms with Crippen molar-refractivity contribution in [3.05, 3.63) is 36.2 Å². The molecule has 1 fully saturated rings. The molecule has 6 nitrogen and oxygen atoms in total. The van der Waals surface area contributed by atoms with Crippen LogP contribution in [-0.4, -0.2) is 33.3 Å². The summed E-state index contributed by atoms with van der Waals surface area (Å²) in [5.74, 6) is 1.43. The molecule has 0 radical (unpaired) electrons. The van der Waals surface area contributed by atoms with Crippen molar-refractivity contribution < 1.29 is 4.74 Å². The van der Waals surface area contributed by atoms with Crippen LogP contribution in [0, 0.1) is 0 Å². The van der Waals surface area contributed by atoms with Crippen molar-refractivity contribution in [1.82, 2.24) is 25.5 Å². The predicted molar refractivity (Wildman–Crippen MR) is 65.1 cm³/mol. The number of para-hydroxylation sites is 1. The summed E-state index contributed by atoms with van der Waals surface area (Å²) < 4.78 is 5.57. The van der Waals surface area contributed by atoms with Crippen LogP contribution in [0.5, 0.6) is 5.75 Å². The van der Waals surface area contributed by atoms with Crippen LogP contribution in [0.3, 0.4) is 0 Å². The van der Waals surface area contributed by atoms with Gasteiger partial charge < -0.3 is 10.1 Å². The Labute approximate surface area is 105 Å². The maximum Gasteiger partial charge on any atom is 0.212 e. The van der Waals surface area contributed by atoms with E-state index in [2.05, 4.69) is 20.7 Å². The molecule has 1 N–H and O–H groups in total. The normalized spacial score (nSPS) is 19.0. The van der Waals surface area contributed by atoms with Crippen molar-refractivity contribution in [2.75, 3.05) is 13.1 Å². The van der Waals surface area contributed by atoms with Gasteiger partial charge in [-0.05, 0) is 30.3 Å². The maximum absolute atomic E-state index is 5.57. The summed E-state index contributed by atoms with van der Waals surface area (Å²) in [7, 11) is 0. The van der Waals surface area contributed by atoms with Crippen molar-refractivity contribution in [2.45, 2.75) is 19.1 Å². The molecular weight excluding hydrogens is 230 g/mol. The minimum absolute atomic E-state index is 0.322. The van der Waals surface area contributed by atoms with Gasteiger partial charge in [0, 0.05) is 6.54 Å². The van der Waals surface area contributed by atoms with Gasteiger partial charge in [-0.2, -0.15) is 4.80 Å². The molecule has 0 aliphatic carbocycles. The predicted octanol–water partition coefficient (Wildman–Crippen LogP) is 0.786. The minimum Gasteiger partial charge on any atom is -0.485 e. The van der Waals surface area contributed by atoms with Gasteiger partial charge in [0.1, 0.15) is 5.75 Å². The molecule has 1 aliphatic rings. The van der Waals surface area contributed by atoms with Crippen LogP contribution in [0.15, 0.2) is 30.3 Å². The number of ether oxygens (including phenoxy) is 1. The molecule has 0 spiro atoms. The molecule has 0 saturated carbocycles. The standard InChI is InChI=1S/C12H15N5O/c1-2-4-11(5-3-1)18-9-12-14-16-17(15-12)10-6-7-13-8-10/h1-5,10,13H,6-9H2. The smallest absolute Gasteiger partial charge is 0.212 e. The van der Waals surface area contributed by atoms with Crippen molar-refractivity contribution in [1.29, 1.82) is 0 Å². The van der Waals surface area contributed by atoms with Crippen molar-refractivity contribution in [3.8, 4) is 5.75 Å². The highest BCUT2D eigenvalue weighted by Crippen LogP contribution is 2.12. The van der Waals surface area contributed by atoms with E-state index in [0.717, 1.165) is 25.3 Å². The van der Waals surface area contributed by atoms with Crippen LogP contribution in [-0.2, 0) is 6.61 Å². The first kappa shape index (κ1) is 11.2. The second-order valence-electron chi connectivity index (χ2n) is 4.27. The summed E-state index contributed by atoms with van der Waals surface area (Å²) in [5, 5.41) is 15.7. The second kappa shape index (κ2) is 5.14. The molecule has 0 amide bonds. The van der Waals surface area contributed by atoms with Crippen molar-refractivity contribution >= 4 is 0 Å². The van der Waals surface area contributed by atoms with E-state index in [1.54, 1.807) is 4.80 Å². The Morgan fingerprint density at radius 3 is 3.00 bits per heavy atom. The Morgan fingerprint density at radius 1 is 1.33 bits per heavy atom. The van der Waals surface area contributed by atoms with E-state index >= 15 is 0 Å². The molecule has 6 heteroatoms. The van der Waals surface area contributed by atoms with Crippen LogP contribution in [0.2, 0.25) is 0 Å². The maximum atomic E-state index is 5.57. The number of nitrogens with zero attached hydrogens (tertiary/aromatic N) is 4. The zero-order valence-electron chi connectivity index (χ0n) is 9.99. The van der Waals surface area contributed by atoms with Crippen LogP contribution in [0.1, 0.15) is 18.3 Å². The van der Waals surface area contributed by atoms with Gasteiger partial charge in [-0.3, -0.25) is 0 Å². The highest BCUT2D eigenvalue weighted by Gasteiger charge is 2.19. The fraction of sp³-hybridized carbons (Fsp3) is 0.417. The number of benzene rings is 1. The number of nitrogens with one attached hydrogen (secondary N) is 1. The molecule has 94 valence electrons. The fourth-order valence-electron chi connectivity index (χ4n) is 1.97. The number of aromatic nitrogens is 4. The summed E-state index contributed by atoms with van der Waals surface area (Å²) in [6, 6.07) is 9.96. The lowest BCUT2D eigenvalue weighted by atomic mass is 10.3. The molecule has 1 aromatic carbocycles. The van der Waals surface area contributed by atoms with E-state index < -0.39 is 0 Å². The SMILES string of the molecule is c1ccc(OCc2nnn(C3CCNC3)n2)cc1. The molecule has 1 saturated heterocycles. The van der Waals surface area contributed by atoms with Crippen LogP contribution < -0.4 is 10.1 Å². The molecule has 2 heterocycles. The first-order valence-electron chi connectivity index (χ1n) is 6.09. The summed E-state index contributed by atoms with van der Waals surface area (Å²) >= 11 is 0. The largest absolute Gasteiger partial charge is 0.485 e. The molecule has 3 rings (SSSR count). The Kier molecular flexibility index (Phi) is 3.18. The highest BCUT2D eigenvalue weighted by molar-refractivity contribution is 5.20. The highest BCUT2D eigenvalue weighted by atomic mass is 16.5. The Hall–Kier alpha value is -1.95. The molecule has 2 aromatic rings. The molecule has 1 atom stereocenters. The lowest BCUT2D eigenvalue weighted by Crippen LogP contribution is -2.16. The van der Waals surface area contributed by atoms with Gasteiger partial charge >= 0.3 is 0 Å². The lowest BCUT2D eigenvalue weighted by molar-refractivity contribution is 0.294. The van der Waals surface area contributed by atoms with Crippen LogP contribution in [0.25, 0.3) is 0 Å². The van der Waals surface area contributed by atoms with Gasteiger partial charge in [-0.1, -0.05) is 18.2 Å². The Bertz CT molecular complexity index is 492. The summed E-state index contributed by atoms with van der Waals surface area (Å²) in [5.41, 5.74) is 0. The van der Waals surface area contributed by atoms with E-state index in [4.69, 9.17) is 4.74 Å². The summed E-state index contributed by atoms with van der Waals surface area (Å²) in [6.45, 7) is 2.28. The third kappa shape index (κ3) is 2.48. The van der Waals surface area contributed by atoms with Crippen LogP contribution in [0.4, 0.5) is 0 Å². The molecule has 0 bridgehead atoms. The number of hydrogen-bond donors (Lipinski definition) is 1. The van der Waals surface area contributed by atoms with Gasteiger partial charge in [-0.15, -0.1) is 10.2 Å². The quantitative estimate of drug-likeness (QED) is 0.862. The van der Waals surface area contributed by atoms with Crippen LogP contribution >= 0.6 is 0 Å². The third-order valence-corrected chi connectivity index (χ3v) is 2.94. The van der Waals surface area contributed by atoms with E-state index in [1.807, 2.05) is 30.3 Å². The zero-order valence-corrected chi connectivity index (χ0v) is 9.99. The average Bonchev–Trinajstić information content (AvgIpc) is 3.08. The molecule has 1 aromatic heterocycles. The van der Waals surface area contributed by atoms with Gasteiger partial charge in [0.05, 0.1) is 6.04 Å². The molecular formula is C12H15N5O. The Morgan fingerprint density at radius 2 is 2.22 bits per heavy atom. The first-order valence-corrected chi connectivity index (χ1v) is 6.09.